The minimum atomic E-state index is -0.0490. The topological polar surface area (TPSA) is 41.5 Å². The molecule has 0 bridgehead atoms. The van der Waals surface area contributed by atoms with Crippen LogP contribution in [0.25, 0.3) is 0 Å². The number of carbonyl (C=O) groups excluding carboxylic acids is 1. The van der Waals surface area contributed by atoms with Crippen molar-refractivity contribution in [3.8, 4) is 0 Å². The zero-order chi connectivity index (χ0) is 11.8. The van der Waals surface area contributed by atoms with Crippen LogP contribution in [0.4, 0.5) is 0 Å². The molecule has 1 aromatic rings. The molecule has 16 heavy (non-hydrogen) atoms. The van der Waals surface area contributed by atoms with Gasteiger partial charge in [-0.05, 0) is 24.1 Å². The van der Waals surface area contributed by atoms with Crippen LogP contribution in [-0.4, -0.2) is 12.1 Å². The molecule has 1 amide bonds. The van der Waals surface area contributed by atoms with Crippen LogP contribution in [0.1, 0.15) is 31.7 Å². The van der Waals surface area contributed by atoms with Gasteiger partial charge in [-0.3, -0.25) is 4.79 Å². The first-order valence-corrected chi connectivity index (χ1v) is 5.67. The number of nitrogens with one attached hydrogen (secondary N) is 1. The molecule has 0 saturated heterocycles. The van der Waals surface area contributed by atoms with E-state index in [1.165, 1.54) is 0 Å². The summed E-state index contributed by atoms with van der Waals surface area (Å²) >= 11 is 5.74. The maximum Gasteiger partial charge on any atom is 0.240 e. The Bertz CT molecular complexity index is 360. The van der Waals surface area contributed by atoms with Gasteiger partial charge in [0.05, 0.1) is 6.21 Å². The fourth-order valence-electron chi connectivity index (χ4n) is 1.12. The Hall–Kier alpha value is -1.35. The van der Waals surface area contributed by atoms with Gasteiger partial charge in [0.15, 0.2) is 0 Å². The smallest absolute Gasteiger partial charge is 0.240 e. The van der Waals surface area contributed by atoms with E-state index >= 15 is 0 Å². The number of hydrogen-bond acceptors (Lipinski definition) is 2. The summed E-state index contributed by atoms with van der Waals surface area (Å²) < 4.78 is 0. The van der Waals surface area contributed by atoms with Crippen molar-refractivity contribution >= 4 is 23.7 Å². The first kappa shape index (κ1) is 12.7. The van der Waals surface area contributed by atoms with Crippen LogP contribution in [0.15, 0.2) is 29.4 Å². The van der Waals surface area contributed by atoms with Crippen LogP contribution in [0.5, 0.6) is 0 Å². The monoisotopic (exact) mass is 238 g/mol. The molecule has 0 aliphatic rings. The zero-order valence-corrected chi connectivity index (χ0v) is 10.00. The Kier molecular flexibility index (Phi) is 5.57. The number of hydrazone groups is 1. The first-order chi connectivity index (χ1) is 7.72. The molecule has 0 heterocycles. The highest BCUT2D eigenvalue weighted by molar-refractivity contribution is 6.30. The highest BCUT2D eigenvalue weighted by Crippen LogP contribution is 2.07. The molecule has 3 nitrogen and oxygen atoms in total. The molecule has 0 fully saturated rings. The highest BCUT2D eigenvalue weighted by Gasteiger charge is 1.96. The van der Waals surface area contributed by atoms with Crippen molar-refractivity contribution in [2.45, 2.75) is 26.2 Å². The lowest BCUT2D eigenvalue weighted by Gasteiger charge is -1.97. The van der Waals surface area contributed by atoms with E-state index in [1.54, 1.807) is 18.3 Å². The average Bonchev–Trinajstić information content (AvgIpc) is 2.29. The molecule has 0 aliphatic heterocycles. The molecule has 0 aromatic heterocycles. The maximum atomic E-state index is 11.2. The summed E-state index contributed by atoms with van der Waals surface area (Å²) in [6.07, 6.45) is 4.02. The Morgan fingerprint density at radius 3 is 2.75 bits per heavy atom. The van der Waals surface area contributed by atoms with Gasteiger partial charge >= 0.3 is 0 Å². The lowest BCUT2D eigenvalue weighted by Crippen LogP contribution is -2.16. The molecular formula is C12H15ClN2O. The van der Waals surface area contributed by atoms with E-state index in [0.29, 0.717) is 11.4 Å². The second-order valence-electron chi connectivity index (χ2n) is 3.45. The Morgan fingerprint density at radius 1 is 1.44 bits per heavy atom. The lowest BCUT2D eigenvalue weighted by molar-refractivity contribution is -0.121. The molecule has 1 N–H and O–H groups in total. The van der Waals surface area contributed by atoms with Crippen molar-refractivity contribution in [2.24, 2.45) is 5.10 Å². The zero-order valence-electron chi connectivity index (χ0n) is 9.24. The van der Waals surface area contributed by atoms with Crippen LogP contribution >= 0.6 is 11.6 Å². The fourth-order valence-corrected chi connectivity index (χ4v) is 1.25. The summed E-state index contributed by atoms with van der Waals surface area (Å²) in [4.78, 5) is 11.2. The normalized spacial score (nSPS) is 10.6. The van der Waals surface area contributed by atoms with Crippen LogP contribution in [0.2, 0.25) is 5.02 Å². The van der Waals surface area contributed by atoms with E-state index < -0.39 is 0 Å². The van der Waals surface area contributed by atoms with Gasteiger partial charge in [-0.2, -0.15) is 5.10 Å². The van der Waals surface area contributed by atoms with Crippen molar-refractivity contribution in [3.63, 3.8) is 0 Å². The molecule has 1 rings (SSSR count). The largest absolute Gasteiger partial charge is 0.273 e. The van der Waals surface area contributed by atoms with Gasteiger partial charge in [0, 0.05) is 11.4 Å². The van der Waals surface area contributed by atoms with Gasteiger partial charge in [-0.25, -0.2) is 5.43 Å². The van der Waals surface area contributed by atoms with Gasteiger partial charge in [-0.1, -0.05) is 37.1 Å². The third-order valence-electron chi connectivity index (χ3n) is 2.03. The Balaban J connectivity index is 2.37. The molecule has 1 aromatic carbocycles. The molecule has 0 unspecified atom stereocenters. The molecule has 86 valence electrons. The summed E-state index contributed by atoms with van der Waals surface area (Å²) in [5, 5.41) is 4.54. The summed E-state index contributed by atoms with van der Waals surface area (Å²) in [6.45, 7) is 2.05. The maximum absolute atomic E-state index is 11.2. The van der Waals surface area contributed by atoms with Crippen molar-refractivity contribution in [1.29, 1.82) is 0 Å². The number of carbonyl (C=O) groups is 1. The number of nitrogens with zero attached hydrogens (tertiary/aromatic N) is 1. The Morgan fingerprint density at radius 2 is 2.12 bits per heavy atom. The number of halogens is 1. The lowest BCUT2D eigenvalue weighted by atomic mass is 10.2. The molecular weight excluding hydrogens is 224 g/mol. The second kappa shape index (κ2) is 7.01. The van der Waals surface area contributed by atoms with E-state index in [9.17, 15) is 4.79 Å². The quantitative estimate of drug-likeness (QED) is 0.622. The molecule has 0 aliphatic carbocycles. The number of benzene rings is 1. The summed E-state index contributed by atoms with van der Waals surface area (Å²) in [7, 11) is 0. The van der Waals surface area contributed by atoms with Crippen LogP contribution in [-0.2, 0) is 4.79 Å². The number of unbranched alkanes of at least 4 members (excludes halogenated alkanes) is 1. The molecule has 0 saturated carbocycles. The first-order valence-electron chi connectivity index (χ1n) is 5.30. The Labute approximate surface area is 101 Å². The SMILES string of the molecule is CCCCC(=O)N/N=C/c1ccc(Cl)cc1. The fraction of sp³-hybridized carbons (Fsp3) is 0.333. The van der Waals surface area contributed by atoms with Crippen LogP contribution < -0.4 is 5.43 Å². The summed E-state index contributed by atoms with van der Waals surface area (Å²) in [5.41, 5.74) is 3.38. The molecule has 0 atom stereocenters. The third kappa shape index (κ3) is 4.94. The number of hydrogen-bond donors (Lipinski definition) is 1. The predicted octanol–water partition coefficient (Wildman–Crippen LogP) is 2.98. The van der Waals surface area contributed by atoms with Gasteiger partial charge in [0.2, 0.25) is 5.91 Å². The average molecular weight is 239 g/mol. The van der Waals surface area contributed by atoms with Crippen molar-refractivity contribution in [1.82, 2.24) is 5.43 Å². The minimum absolute atomic E-state index is 0.0490. The van der Waals surface area contributed by atoms with Gasteiger partial charge in [0.25, 0.3) is 0 Å². The van der Waals surface area contributed by atoms with Crippen LogP contribution in [0.3, 0.4) is 0 Å². The van der Waals surface area contributed by atoms with Gasteiger partial charge in [0.1, 0.15) is 0 Å². The van der Waals surface area contributed by atoms with E-state index in [-0.39, 0.29) is 5.91 Å². The van der Waals surface area contributed by atoms with E-state index in [4.69, 9.17) is 11.6 Å². The van der Waals surface area contributed by atoms with E-state index in [1.807, 2.05) is 19.1 Å². The van der Waals surface area contributed by atoms with Gasteiger partial charge in [-0.15, -0.1) is 0 Å². The minimum Gasteiger partial charge on any atom is -0.273 e. The summed E-state index contributed by atoms with van der Waals surface area (Å²) in [5.74, 6) is -0.0490. The second-order valence-corrected chi connectivity index (χ2v) is 3.88. The van der Waals surface area contributed by atoms with Crippen molar-refractivity contribution < 1.29 is 4.79 Å². The van der Waals surface area contributed by atoms with Crippen LogP contribution in [0, 0.1) is 0 Å². The predicted molar refractivity (Wildman–Crippen MR) is 66.7 cm³/mol. The van der Waals surface area contributed by atoms with E-state index in [0.717, 1.165) is 18.4 Å². The standard InChI is InChI=1S/C12H15ClN2O/c1-2-3-4-12(16)15-14-9-10-5-7-11(13)8-6-10/h5-9H,2-4H2,1H3,(H,15,16)/b14-9+. The van der Waals surface area contributed by atoms with Crippen molar-refractivity contribution in [3.05, 3.63) is 34.9 Å². The van der Waals surface area contributed by atoms with Crippen molar-refractivity contribution in [2.75, 3.05) is 0 Å². The number of rotatable bonds is 5. The van der Waals surface area contributed by atoms with Gasteiger partial charge < -0.3 is 0 Å². The van der Waals surface area contributed by atoms with E-state index in [2.05, 4.69) is 10.5 Å². The number of amides is 1. The molecule has 4 heteroatoms. The summed E-state index contributed by atoms with van der Waals surface area (Å²) in [6, 6.07) is 7.23. The third-order valence-corrected chi connectivity index (χ3v) is 2.28. The highest BCUT2D eigenvalue weighted by atomic mass is 35.5. The molecule has 0 radical (unpaired) electrons. The molecule has 0 spiro atoms.